The van der Waals surface area contributed by atoms with Crippen LogP contribution in [0, 0.1) is 0 Å². The number of sulfone groups is 1. The molecule has 1 aliphatic rings. The lowest BCUT2D eigenvalue weighted by molar-refractivity contribution is 0.430. The van der Waals surface area contributed by atoms with Crippen molar-refractivity contribution in [2.75, 3.05) is 24.6 Å². The molecule has 0 aliphatic carbocycles. The normalized spacial score (nSPS) is 20.3. The zero-order valence-electron chi connectivity index (χ0n) is 10.3. The topological polar surface area (TPSA) is 97.5 Å². The molecule has 8 heteroatoms. The van der Waals surface area contributed by atoms with Crippen LogP contribution in [0.25, 0.3) is 0 Å². The minimum atomic E-state index is -3.63. The summed E-state index contributed by atoms with van der Waals surface area (Å²) in [4.78, 5) is 0.162. The molecule has 0 unspecified atom stereocenters. The quantitative estimate of drug-likeness (QED) is 0.817. The predicted octanol–water partition coefficient (Wildman–Crippen LogP) is -0.436. The molecule has 2 rings (SSSR count). The summed E-state index contributed by atoms with van der Waals surface area (Å²) in [7, 11) is -6.73. The predicted molar refractivity (Wildman–Crippen MR) is 71.7 cm³/mol. The summed E-state index contributed by atoms with van der Waals surface area (Å²) in [6.45, 7) is 0.285. The molecule has 1 aromatic carbocycles. The molecule has 106 valence electrons. The van der Waals surface area contributed by atoms with Gasteiger partial charge in [-0.05, 0) is 17.7 Å². The Morgan fingerprint density at radius 2 is 1.84 bits per heavy atom. The average Bonchev–Trinajstić information content (AvgIpc) is 2.38. The van der Waals surface area contributed by atoms with Crippen LogP contribution in [0.15, 0.2) is 29.2 Å². The van der Waals surface area contributed by atoms with E-state index >= 15 is 0 Å². The number of nitrogens with two attached hydrogens (primary N) is 1. The van der Waals surface area contributed by atoms with Gasteiger partial charge in [-0.1, -0.05) is 12.1 Å². The monoisotopic (exact) mass is 304 g/mol. The van der Waals surface area contributed by atoms with Crippen LogP contribution >= 0.6 is 0 Å². The largest absolute Gasteiger partial charge is 0.326 e. The molecule has 6 nitrogen and oxygen atoms in total. The molecule has 0 atom stereocenters. The lowest BCUT2D eigenvalue weighted by atomic mass is 10.2. The molecule has 1 saturated heterocycles. The second-order valence-corrected chi connectivity index (χ2v) is 8.65. The Morgan fingerprint density at radius 1 is 1.21 bits per heavy atom. The van der Waals surface area contributed by atoms with Gasteiger partial charge < -0.3 is 5.73 Å². The molecule has 1 fully saturated rings. The molecule has 0 bridgehead atoms. The van der Waals surface area contributed by atoms with Crippen molar-refractivity contribution in [2.45, 2.75) is 11.4 Å². The number of sulfonamides is 1. The summed E-state index contributed by atoms with van der Waals surface area (Å²) in [5.74, 6) is -0.244. The van der Waals surface area contributed by atoms with Gasteiger partial charge in [0.1, 0.15) is 0 Å². The highest BCUT2D eigenvalue weighted by Gasteiger charge is 2.31. The van der Waals surface area contributed by atoms with E-state index in [1.807, 2.05) is 0 Å². The van der Waals surface area contributed by atoms with E-state index in [-0.39, 0.29) is 36.0 Å². The molecule has 19 heavy (non-hydrogen) atoms. The Balaban J connectivity index is 2.28. The first-order valence-electron chi connectivity index (χ1n) is 5.85. The Hall–Kier alpha value is -0.960. The van der Waals surface area contributed by atoms with Crippen molar-refractivity contribution in [1.82, 2.24) is 4.31 Å². The smallest absolute Gasteiger partial charge is 0.243 e. The van der Waals surface area contributed by atoms with Crippen LogP contribution in [0.5, 0.6) is 0 Å². The molecule has 1 heterocycles. The van der Waals surface area contributed by atoms with Crippen molar-refractivity contribution in [3.05, 3.63) is 29.8 Å². The van der Waals surface area contributed by atoms with Crippen molar-refractivity contribution >= 4 is 19.9 Å². The number of hydrogen-bond acceptors (Lipinski definition) is 5. The third-order valence-corrected chi connectivity index (χ3v) is 6.58. The van der Waals surface area contributed by atoms with E-state index in [4.69, 9.17) is 5.73 Å². The maximum absolute atomic E-state index is 12.4. The molecule has 0 radical (unpaired) electrons. The minimum absolute atomic E-state index is 0.0114. The minimum Gasteiger partial charge on any atom is -0.326 e. The van der Waals surface area contributed by atoms with Gasteiger partial charge in [0, 0.05) is 19.6 Å². The average molecular weight is 304 g/mol. The lowest BCUT2D eigenvalue weighted by Gasteiger charge is -2.26. The van der Waals surface area contributed by atoms with Crippen molar-refractivity contribution in [1.29, 1.82) is 0 Å². The Labute approximate surface area is 113 Å². The Kier molecular flexibility index (Phi) is 3.95. The third-order valence-electron chi connectivity index (χ3n) is 3.08. The number of benzene rings is 1. The highest BCUT2D eigenvalue weighted by Crippen LogP contribution is 2.19. The van der Waals surface area contributed by atoms with E-state index in [0.29, 0.717) is 0 Å². The molecular formula is C11H16N2O4S2. The van der Waals surface area contributed by atoms with Crippen molar-refractivity contribution in [2.24, 2.45) is 5.73 Å². The zero-order valence-corrected chi connectivity index (χ0v) is 12.0. The van der Waals surface area contributed by atoms with Crippen molar-refractivity contribution in [3.63, 3.8) is 0 Å². The molecular weight excluding hydrogens is 288 g/mol. The van der Waals surface area contributed by atoms with Gasteiger partial charge >= 0.3 is 0 Å². The number of hydrogen-bond donors (Lipinski definition) is 1. The molecule has 0 spiro atoms. The fourth-order valence-corrected chi connectivity index (χ4v) is 4.86. The number of rotatable bonds is 3. The molecule has 2 N–H and O–H groups in total. The van der Waals surface area contributed by atoms with Gasteiger partial charge in [-0.3, -0.25) is 0 Å². The maximum atomic E-state index is 12.4. The summed E-state index contributed by atoms with van der Waals surface area (Å²) < 4.78 is 48.6. The third kappa shape index (κ3) is 3.14. The Bertz CT molecular complexity index is 654. The highest BCUT2D eigenvalue weighted by molar-refractivity contribution is 7.92. The van der Waals surface area contributed by atoms with E-state index in [2.05, 4.69) is 0 Å². The summed E-state index contributed by atoms with van der Waals surface area (Å²) in [6.07, 6.45) is 0. The van der Waals surface area contributed by atoms with Crippen LogP contribution in [0.4, 0.5) is 0 Å². The fraction of sp³-hybridized carbons (Fsp3) is 0.455. The maximum Gasteiger partial charge on any atom is 0.243 e. The lowest BCUT2D eigenvalue weighted by Crippen LogP contribution is -2.43. The fourth-order valence-electron chi connectivity index (χ4n) is 1.92. The van der Waals surface area contributed by atoms with E-state index in [1.165, 1.54) is 16.4 Å². The molecule has 0 aromatic heterocycles. The molecule has 1 aromatic rings. The summed E-state index contributed by atoms with van der Waals surface area (Å²) >= 11 is 0. The molecule has 0 saturated carbocycles. The first-order valence-corrected chi connectivity index (χ1v) is 9.11. The van der Waals surface area contributed by atoms with E-state index in [9.17, 15) is 16.8 Å². The van der Waals surface area contributed by atoms with Gasteiger partial charge in [0.05, 0.1) is 16.4 Å². The first kappa shape index (κ1) is 14.4. The summed E-state index contributed by atoms with van der Waals surface area (Å²) in [6, 6.07) is 6.41. The highest BCUT2D eigenvalue weighted by atomic mass is 32.2. The van der Waals surface area contributed by atoms with Gasteiger partial charge in [0.25, 0.3) is 0 Å². The zero-order chi connectivity index (χ0) is 14.1. The van der Waals surface area contributed by atoms with Gasteiger partial charge in [-0.15, -0.1) is 0 Å². The van der Waals surface area contributed by atoms with Crippen LogP contribution in [-0.2, 0) is 26.4 Å². The second kappa shape index (κ2) is 5.20. The van der Waals surface area contributed by atoms with Crippen LogP contribution < -0.4 is 5.73 Å². The number of nitrogens with zero attached hydrogens (tertiary/aromatic N) is 1. The van der Waals surface area contributed by atoms with Crippen LogP contribution in [0.3, 0.4) is 0 Å². The summed E-state index contributed by atoms with van der Waals surface area (Å²) in [5, 5.41) is 0. The molecule has 0 amide bonds. The first-order chi connectivity index (χ1) is 8.85. The van der Waals surface area contributed by atoms with Crippen LogP contribution in [0.1, 0.15) is 5.56 Å². The van der Waals surface area contributed by atoms with E-state index < -0.39 is 19.9 Å². The van der Waals surface area contributed by atoms with E-state index in [1.54, 1.807) is 12.1 Å². The van der Waals surface area contributed by atoms with E-state index in [0.717, 1.165) is 5.56 Å². The second-order valence-electron chi connectivity index (χ2n) is 4.41. The van der Waals surface area contributed by atoms with Crippen molar-refractivity contribution < 1.29 is 16.8 Å². The molecule has 1 aliphatic heterocycles. The van der Waals surface area contributed by atoms with Crippen LogP contribution in [0.2, 0.25) is 0 Å². The van der Waals surface area contributed by atoms with Gasteiger partial charge in [0.15, 0.2) is 9.84 Å². The Morgan fingerprint density at radius 3 is 2.42 bits per heavy atom. The SMILES string of the molecule is NCc1cccc(S(=O)(=O)N2CCS(=O)(=O)CC2)c1. The van der Waals surface area contributed by atoms with Gasteiger partial charge in [-0.25, -0.2) is 16.8 Å². The van der Waals surface area contributed by atoms with Gasteiger partial charge in [0.2, 0.25) is 10.0 Å². The summed E-state index contributed by atoms with van der Waals surface area (Å²) in [5.41, 5.74) is 6.22. The van der Waals surface area contributed by atoms with Crippen molar-refractivity contribution in [3.8, 4) is 0 Å². The van der Waals surface area contributed by atoms with Gasteiger partial charge in [-0.2, -0.15) is 4.31 Å². The standard InChI is InChI=1S/C11H16N2O4S2/c12-9-10-2-1-3-11(8-10)19(16,17)13-4-6-18(14,15)7-5-13/h1-3,8H,4-7,9,12H2. The van der Waals surface area contributed by atoms with Crippen LogP contribution in [-0.4, -0.2) is 45.7 Å².